The van der Waals surface area contributed by atoms with Crippen molar-refractivity contribution in [3.8, 4) is 5.75 Å². The molecule has 0 bridgehead atoms. The summed E-state index contributed by atoms with van der Waals surface area (Å²) in [7, 11) is 0. The fourth-order valence-electron chi connectivity index (χ4n) is 4.31. The number of nitrogens with two attached hydrogens (primary N) is 1. The van der Waals surface area contributed by atoms with E-state index in [0.29, 0.717) is 5.92 Å². The second-order valence-electron chi connectivity index (χ2n) is 7.80. The minimum atomic E-state index is -0.338. The van der Waals surface area contributed by atoms with Crippen LogP contribution in [0.1, 0.15) is 25.7 Å². The first kappa shape index (κ1) is 18.3. The normalized spacial score (nSPS) is 22.1. The van der Waals surface area contributed by atoms with Crippen LogP contribution >= 0.6 is 0 Å². The summed E-state index contributed by atoms with van der Waals surface area (Å²) in [5.74, 6) is 1.25. The van der Waals surface area contributed by atoms with Gasteiger partial charge in [0.05, 0.1) is 12.1 Å². The summed E-state index contributed by atoms with van der Waals surface area (Å²) >= 11 is 0. The van der Waals surface area contributed by atoms with Crippen molar-refractivity contribution >= 4 is 16.8 Å². The summed E-state index contributed by atoms with van der Waals surface area (Å²) in [6.07, 6.45) is 6.73. The van der Waals surface area contributed by atoms with E-state index in [4.69, 9.17) is 15.2 Å². The topological polar surface area (TPSA) is 69.7 Å². The number of benzene rings is 1. The minimum Gasteiger partial charge on any atom is -0.490 e. The monoisotopic (exact) mass is 371 g/mol. The van der Waals surface area contributed by atoms with Crippen molar-refractivity contribution in [2.24, 2.45) is 11.7 Å². The molecular weight excluding hydrogens is 342 g/mol. The predicted octanol–water partition coefficient (Wildman–Crippen LogP) is 2.40. The summed E-state index contributed by atoms with van der Waals surface area (Å²) in [4.78, 5) is 13.8. The van der Waals surface area contributed by atoms with Crippen LogP contribution in [0.25, 0.3) is 10.9 Å². The number of piperidine rings is 1. The molecule has 2 N–H and O–H groups in total. The van der Waals surface area contributed by atoms with Gasteiger partial charge >= 0.3 is 0 Å². The van der Waals surface area contributed by atoms with Crippen LogP contribution < -0.4 is 10.5 Å². The van der Waals surface area contributed by atoms with Crippen molar-refractivity contribution in [1.29, 1.82) is 0 Å². The molecule has 1 atom stereocenters. The molecule has 0 saturated carbocycles. The summed E-state index contributed by atoms with van der Waals surface area (Å²) in [6.45, 7) is 5.36. The van der Waals surface area contributed by atoms with Gasteiger partial charge in [0.15, 0.2) is 0 Å². The molecule has 2 aliphatic rings. The number of rotatable bonds is 6. The van der Waals surface area contributed by atoms with E-state index in [0.717, 1.165) is 62.3 Å². The maximum absolute atomic E-state index is 11.2. The predicted molar refractivity (Wildman–Crippen MR) is 105 cm³/mol. The van der Waals surface area contributed by atoms with Gasteiger partial charge in [0.25, 0.3) is 0 Å². The lowest BCUT2D eigenvalue weighted by molar-refractivity contribution is -0.118. The summed E-state index contributed by atoms with van der Waals surface area (Å²) in [5.41, 5.74) is 6.33. The molecule has 6 heteroatoms. The molecule has 1 unspecified atom stereocenters. The Labute approximate surface area is 160 Å². The number of hydrogen-bond acceptors (Lipinski definition) is 4. The highest BCUT2D eigenvalue weighted by molar-refractivity contribution is 5.87. The highest BCUT2D eigenvalue weighted by atomic mass is 16.5. The lowest BCUT2D eigenvalue weighted by Crippen LogP contribution is -2.42. The quantitative estimate of drug-likeness (QED) is 0.847. The zero-order chi connectivity index (χ0) is 18.6. The second-order valence-corrected chi connectivity index (χ2v) is 7.80. The van der Waals surface area contributed by atoms with E-state index in [1.807, 2.05) is 35.0 Å². The van der Waals surface area contributed by atoms with Crippen molar-refractivity contribution in [3.63, 3.8) is 0 Å². The number of amides is 1. The third-order valence-corrected chi connectivity index (χ3v) is 5.70. The molecule has 1 aromatic carbocycles. The maximum atomic E-state index is 11.2. The van der Waals surface area contributed by atoms with Gasteiger partial charge < -0.3 is 24.7 Å². The fourth-order valence-corrected chi connectivity index (χ4v) is 4.31. The van der Waals surface area contributed by atoms with E-state index in [-0.39, 0.29) is 18.6 Å². The highest BCUT2D eigenvalue weighted by Gasteiger charge is 2.24. The number of carbonyl (C=O) groups is 1. The van der Waals surface area contributed by atoms with Gasteiger partial charge in [-0.15, -0.1) is 0 Å². The van der Waals surface area contributed by atoms with Crippen LogP contribution in [0.4, 0.5) is 0 Å². The maximum Gasteiger partial charge on any atom is 0.237 e. The number of carbonyl (C=O) groups excluding carboxylic acids is 1. The van der Waals surface area contributed by atoms with Crippen molar-refractivity contribution in [2.75, 3.05) is 32.8 Å². The number of aromatic nitrogens is 1. The molecule has 0 spiro atoms. The van der Waals surface area contributed by atoms with E-state index < -0.39 is 0 Å². The zero-order valence-corrected chi connectivity index (χ0v) is 15.8. The average molecular weight is 371 g/mol. The first-order valence-electron chi connectivity index (χ1n) is 10.0. The molecule has 6 nitrogen and oxygen atoms in total. The molecular formula is C21H29N3O3. The van der Waals surface area contributed by atoms with Gasteiger partial charge in [0.1, 0.15) is 18.4 Å². The smallest absolute Gasteiger partial charge is 0.237 e. The van der Waals surface area contributed by atoms with Gasteiger partial charge in [-0.3, -0.25) is 4.79 Å². The Morgan fingerprint density at radius 3 is 2.81 bits per heavy atom. The Hall–Kier alpha value is -2.05. The molecule has 27 heavy (non-hydrogen) atoms. The second kappa shape index (κ2) is 8.31. The number of primary amides is 1. The average Bonchev–Trinajstić information content (AvgIpc) is 3.08. The van der Waals surface area contributed by atoms with Crippen LogP contribution in [0.5, 0.6) is 5.75 Å². The van der Waals surface area contributed by atoms with E-state index in [1.165, 1.54) is 12.8 Å². The van der Waals surface area contributed by atoms with Crippen LogP contribution in [0.15, 0.2) is 30.5 Å². The number of nitrogens with zero attached hydrogens (tertiary/aromatic N) is 2. The first-order chi connectivity index (χ1) is 13.2. The Kier molecular flexibility index (Phi) is 5.64. The van der Waals surface area contributed by atoms with Crippen LogP contribution in [0.3, 0.4) is 0 Å². The van der Waals surface area contributed by atoms with Gasteiger partial charge in [0.2, 0.25) is 5.91 Å². The molecule has 4 rings (SSSR count). The summed E-state index contributed by atoms with van der Waals surface area (Å²) < 4.78 is 13.8. The molecule has 1 aromatic heterocycles. The standard InChI is InChI=1S/C21H29N3O3/c22-21(25)14-24-11-8-18-19(24)4-1-5-20(18)27-17-6-9-23(10-7-17)13-16-3-2-12-26-15-16/h1,4-5,8,11,16-17H,2-3,6-7,9-10,12-15H2,(H2,22,25). The minimum absolute atomic E-state index is 0.191. The lowest BCUT2D eigenvalue weighted by atomic mass is 9.99. The first-order valence-corrected chi connectivity index (χ1v) is 10.0. The Morgan fingerprint density at radius 2 is 2.07 bits per heavy atom. The van der Waals surface area contributed by atoms with Crippen LogP contribution in [0.2, 0.25) is 0 Å². The van der Waals surface area contributed by atoms with Crippen LogP contribution in [-0.4, -0.2) is 54.3 Å². The third kappa shape index (κ3) is 4.45. The Morgan fingerprint density at radius 1 is 1.22 bits per heavy atom. The van der Waals surface area contributed by atoms with Gasteiger partial charge in [-0.25, -0.2) is 0 Å². The van der Waals surface area contributed by atoms with Gasteiger partial charge in [-0.1, -0.05) is 6.07 Å². The van der Waals surface area contributed by atoms with E-state index >= 15 is 0 Å². The molecule has 2 aliphatic heterocycles. The van der Waals surface area contributed by atoms with Crippen molar-refractivity contribution in [3.05, 3.63) is 30.5 Å². The third-order valence-electron chi connectivity index (χ3n) is 5.70. The van der Waals surface area contributed by atoms with E-state index in [1.54, 1.807) is 0 Å². The van der Waals surface area contributed by atoms with Crippen molar-refractivity contribution in [2.45, 2.75) is 38.3 Å². The Bertz CT molecular complexity index is 774. The Balaban J connectivity index is 1.35. The number of likely N-dealkylation sites (tertiary alicyclic amines) is 1. The fraction of sp³-hybridized carbons (Fsp3) is 0.571. The van der Waals surface area contributed by atoms with Gasteiger partial charge in [0, 0.05) is 37.8 Å². The molecule has 3 heterocycles. The van der Waals surface area contributed by atoms with E-state index in [2.05, 4.69) is 4.90 Å². The van der Waals surface area contributed by atoms with Gasteiger partial charge in [-0.2, -0.15) is 0 Å². The zero-order valence-electron chi connectivity index (χ0n) is 15.8. The molecule has 2 aromatic rings. The summed E-state index contributed by atoms with van der Waals surface area (Å²) in [6, 6.07) is 8.00. The number of ether oxygens (including phenoxy) is 2. The SMILES string of the molecule is NC(=O)Cn1ccc2c(OC3CCN(CC4CCCOC4)CC3)cccc21. The molecule has 1 amide bonds. The van der Waals surface area contributed by atoms with Crippen LogP contribution in [-0.2, 0) is 16.1 Å². The molecule has 0 aliphatic carbocycles. The largest absolute Gasteiger partial charge is 0.490 e. The number of fused-ring (bicyclic) bond motifs is 1. The molecule has 2 fully saturated rings. The highest BCUT2D eigenvalue weighted by Crippen LogP contribution is 2.29. The summed E-state index contributed by atoms with van der Waals surface area (Å²) in [5, 5.41) is 1.04. The lowest BCUT2D eigenvalue weighted by Gasteiger charge is -2.35. The molecule has 146 valence electrons. The van der Waals surface area contributed by atoms with Crippen molar-refractivity contribution < 1.29 is 14.3 Å². The molecule has 2 saturated heterocycles. The van der Waals surface area contributed by atoms with E-state index in [9.17, 15) is 4.79 Å². The van der Waals surface area contributed by atoms with Gasteiger partial charge in [-0.05, 0) is 49.8 Å². The molecule has 0 radical (unpaired) electrons. The number of hydrogen-bond donors (Lipinski definition) is 1. The van der Waals surface area contributed by atoms with Crippen molar-refractivity contribution in [1.82, 2.24) is 9.47 Å². The van der Waals surface area contributed by atoms with Crippen LogP contribution in [0, 0.1) is 5.92 Å².